The van der Waals surface area contributed by atoms with Gasteiger partial charge in [-0.2, -0.15) is 0 Å². The summed E-state index contributed by atoms with van der Waals surface area (Å²) in [7, 11) is 1.67. The molecule has 0 saturated carbocycles. The Morgan fingerprint density at radius 1 is 1.44 bits per heavy atom. The summed E-state index contributed by atoms with van der Waals surface area (Å²) < 4.78 is 23.7. The molecule has 0 N–H and O–H groups in total. The molecule has 7 heteroatoms. The molecule has 1 aromatic rings. The summed E-state index contributed by atoms with van der Waals surface area (Å²) in [5, 5.41) is 0. The fourth-order valence-corrected chi connectivity index (χ4v) is 3.97. The molecule has 0 spiro atoms. The number of hydrogen-bond donors (Lipinski definition) is 0. The fraction of sp³-hybridized carbons (Fsp3) is 0.364. The average molecular weight is 353 g/mol. The number of fused-ring (bicyclic) bond motifs is 1. The van der Waals surface area contributed by atoms with Crippen molar-refractivity contribution >= 4 is 41.6 Å². The van der Waals surface area contributed by atoms with Crippen LogP contribution in [-0.4, -0.2) is 25.8 Å². The van der Waals surface area contributed by atoms with E-state index in [2.05, 4.69) is 15.9 Å². The van der Waals surface area contributed by atoms with Crippen molar-refractivity contribution in [1.82, 2.24) is 4.90 Å². The summed E-state index contributed by atoms with van der Waals surface area (Å²) in [6, 6.07) is 3.33. The molecule has 0 atom stereocenters. The first kappa shape index (κ1) is 13.8. The van der Waals surface area contributed by atoms with Crippen LogP contribution in [0.1, 0.15) is 18.1 Å². The van der Waals surface area contributed by atoms with Gasteiger partial charge in [0.2, 0.25) is 5.91 Å². The van der Waals surface area contributed by atoms with Gasteiger partial charge in [0.15, 0.2) is 0 Å². The lowest BCUT2D eigenvalue weighted by molar-refractivity contribution is -0.129. The molecule has 0 bridgehead atoms. The molecular weight excluding hydrogens is 342 g/mol. The molecular formula is C11H11BrClNO3S. The molecule has 0 unspecified atom stereocenters. The number of carbonyl (C=O) groups excluding carboxylic acids is 1. The highest BCUT2D eigenvalue weighted by Gasteiger charge is 2.25. The highest BCUT2D eigenvalue weighted by atomic mass is 79.9. The summed E-state index contributed by atoms with van der Waals surface area (Å²) in [5.74, 6) is -0.0177. The SMILES string of the molecule is CC(=O)N1CCc2c(cc(Br)cc2S(=O)(=O)Cl)C1. The van der Waals surface area contributed by atoms with Crippen LogP contribution in [0.2, 0.25) is 0 Å². The van der Waals surface area contributed by atoms with Gasteiger partial charge in [-0.25, -0.2) is 8.42 Å². The topological polar surface area (TPSA) is 54.5 Å². The minimum absolute atomic E-state index is 0.0177. The first-order chi connectivity index (χ1) is 8.29. The van der Waals surface area contributed by atoms with E-state index in [1.807, 2.05) is 6.07 Å². The maximum atomic E-state index is 11.5. The molecule has 4 nitrogen and oxygen atoms in total. The number of rotatable bonds is 1. The van der Waals surface area contributed by atoms with Crippen molar-refractivity contribution in [3.05, 3.63) is 27.7 Å². The van der Waals surface area contributed by atoms with Gasteiger partial charge < -0.3 is 4.90 Å². The normalized spacial score (nSPS) is 15.4. The summed E-state index contributed by atoms with van der Waals surface area (Å²) in [6.07, 6.45) is 0.503. The molecule has 1 heterocycles. The van der Waals surface area contributed by atoms with Gasteiger partial charge in [0.25, 0.3) is 9.05 Å². The molecule has 0 radical (unpaired) electrons. The number of carbonyl (C=O) groups is 1. The first-order valence-corrected chi connectivity index (χ1v) is 8.41. The summed E-state index contributed by atoms with van der Waals surface area (Å²) in [4.78, 5) is 13.2. The van der Waals surface area contributed by atoms with E-state index in [9.17, 15) is 13.2 Å². The fourth-order valence-electron chi connectivity index (χ4n) is 2.11. The Labute approximate surface area is 118 Å². The summed E-state index contributed by atoms with van der Waals surface area (Å²) in [6.45, 7) is 2.44. The maximum absolute atomic E-state index is 11.5. The van der Waals surface area contributed by atoms with E-state index in [1.165, 1.54) is 13.0 Å². The Morgan fingerprint density at radius 3 is 2.67 bits per heavy atom. The zero-order valence-corrected chi connectivity index (χ0v) is 12.8. The molecule has 0 fully saturated rings. The van der Waals surface area contributed by atoms with Crippen LogP contribution < -0.4 is 0 Å². The van der Waals surface area contributed by atoms with Crippen molar-refractivity contribution in [2.24, 2.45) is 0 Å². The van der Waals surface area contributed by atoms with Crippen LogP contribution in [-0.2, 0) is 26.8 Å². The third kappa shape index (κ3) is 2.70. The molecule has 1 amide bonds. The first-order valence-electron chi connectivity index (χ1n) is 5.30. The third-order valence-electron chi connectivity index (χ3n) is 2.97. The van der Waals surface area contributed by atoms with Crippen LogP contribution in [0.25, 0.3) is 0 Å². The second-order valence-corrected chi connectivity index (χ2v) is 7.62. The van der Waals surface area contributed by atoms with E-state index in [0.717, 1.165) is 5.56 Å². The summed E-state index contributed by atoms with van der Waals surface area (Å²) in [5.41, 5.74) is 1.54. The van der Waals surface area contributed by atoms with Crippen LogP contribution >= 0.6 is 26.6 Å². The van der Waals surface area contributed by atoms with Crippen molar-refractivity contribution in [2.45, 2.75) is 24.8 Å². The monoisotopic (exact) mass is 351 g/mol. The molecule has 2 rings (SSSR count). The maximum Gasteiger partial charge on any atom is 0.261 e. The van der Waals surface area contributed by atoms with E-state index < -0.39 is 9.05 Å². The predicted octanol–water partition coefficient (Wildman–Crippen LogP) is 2.28. The van der Waals surface area contributed by atoms with Crippen molar-refractivity contribution in [3.63, 3.8) is 0 Å². The number of hydrogen-bond acceptors (Lipinski definition) is 3. The van der Waals surface area contributed by atoms with Crippen molar-refractivity contribution in [2.75, 3.05) is 6.54 Å². The number of benzene rings is 1. The highest BCUT2D eigenvalue weighted by molar-refractivity contribution is 9.10. The third-order valence-corrected chi connectivity index (χ3v) is 4.81. The smallest absolute Gasteiger partial charge is 0.261 e. The zero-order valence-electron chi connectivity index (χ0n) is 9.61. The van der Waals surface area contributed by atoms with Crippen LogP contribution in [0.15, 0.2) is 21.5 Å². The van der Waals surface area contributed by atoms with Crippen LogP contribution in [0.4, 0.5) is 0 Å². The predicted molar refractivity (Wildman–Crippen MR) is 72.0 cm³/mol. The van der Waals surface area contributed by atoms with Crippen molar-refractivity contribution in [3.8, 4) is 0 Å². The van der Waals surface area contributed by atoms with Gasteiger partial charge in [0.1, 0.15) is 0 Å². The minimum atomic E-state index is -3.77. The number of halogens is 2. The zero-order chi connectivity index (χ0) is 13.5. The van der Waals surface area contributed by atoms with E-state index in [-0.39, 0.29) is 10.8 Å². The van der Waals surface area contributed by atoms with Crippen LogP contribution in [0, 0.1) is 0 Å². The van der Waals surface area contributed by atoms with Crippen LogP contribution in [0.3, 0.4) is 0 Å². The van der Waals surface area contributed by atoms with E-state index in [0.29, 0.717) is 29.5 Å². The molecule has 98 valence electrons. The van der Waals surface area contributed by atoms with Crippen molar-refractivity contribution < 1.29 is 13.2 Å². The standard InChI is InChI=1S/C11H11BrClNO3S/c1-7(15)14-3-2-10-8(6-14)4-9(12)5-11(10)18(13,16)17/h4-5H,2-3,6H2,1H3. The lowest BCUT2D eigenvalue weighted by atomic mass is 10.00. The Kier molecular flexibility index (Phi) is 3.71. The second-order valence-electron chi connectivity index (χ2n) is 4.17. The lowest BCUT2D eigenvalue weighted by Gasteiger charge is -2.29. The molecule has 1 aliphatic heterocycles. The molecule has 18 heavy (non-hydrogen) atoms. The summed E-state index contributed by atoms with van der Waals surface area (Å²) >= 11 is 3.26. The van der Waals surface area contributed by atoms with Gasteiger partial charge in [0.05, 0.1) is 4.90 Å². The lowest BCUT2D eigenvalue weighted by Crippen LogP contribution is -2.34. The van der Waals surface area contributed by atoms with Gasteiger partial charge >= 0.3 is 0 Å². The Balaban J connectivity index is 2.54. The second kappa shape index (κ2) is 4.83. The Hall–Kier alpha value is -0.590. The van der Waals surface area contributed by atoms with Gasteiger partial charge in [-0.15, -0.1) is 0 Å². The molecule has 1 aromatic carbocycles. The van der Waals surface area contributed by atoms with Gasteiger partial charge in [-0.1, -0.05) is 15.9 Å². The van der Waals surface area contributed by atoms with E-state index in [4.69, 9.17) is 10.7 Å². The van der Waals surface area contributed by atoms with Gasteiger partial charge in [-0.3, -0.25) is 4.79 Å². The molecule has 1 aliphatic rings. The molecule has 0 aliphatic carbocycles. The van der Waals surface area contributed by atoms with E-state index >= 15 is 0 Å². The quantitative estimate of drug-likeness (QED) is 0.729. The van der Waals surface area contributed by atoms with Gasteiger partial charge in [-0.05, 0) is 29.7 Å². The van der Waals surface area contributed by atoms with Crippen LogP contribution in [0.5, 0.6) is 0 Å². The number of nitrogens with zero attached hydrogens (tertiary/aromatic N) is 1. The number of amides is 1. The molecule has 0 aromatic heterocycles. The Bertz CT molecular complexity index is 615. The van der Waals surface area contributed by atoms with E-state index in [1.54, 1.807) is 4.90 Å². The highest BCUT2D eigenvalue weighted by Crippen LogP contribution is 2.31. The molecule has 0 saturated heterocycles. The van der Waals surface area contributed by atoms with Gasteiger partial charge in [0, 0.05) is 35.2 Å². The largest absolute Gasteiger partial charge is 0.338 e. The minimum Gasteiger partial charge on any atom is -0.338 e. The van der Waals surface area contributed by atoms with Crippen molar-refractivity contribution in [1.29, 1.82) is 0 Å². The Morgan fingerprint density at radius 2 is 2.11 bits per heavy atom. The average Bonchev–Trinajstić information content (AvgIpc) is 2.25.